The van der Waals surface area contributed by atoms with Crippen molar-refractivity contribution in [2.75, 3.05) is 0 Å². The van der Waals surface area contributed by atoms with Crippen molar-refractivity contribution in [1.82, 2.24) is 15.1 Å². The molecule has 1 aromatic heterocycles. The molecule has 2 heterocycles. The lowest BCUT2D eigenvalue weighted by Gasteiger charge is -2.20. The van der Waals surface area contributed by atoms with Crippen LogP contribution in [0.25, 0.3) is 0 Å². The highest BCUT2D eigenvalue weighted by molar-refractivity contribution is 7.80. The van der Waals surface area contributed by atoms with E-state index in [0.717, 1.165) is 23.9 Å². The van der Waals surface area contributed by atoms with E-state index in [1.807, 2.05) is 17.8 Å². The van der Waals surface area contributed by atoms with Crippen molar-refractivity contribution >= 4 is 17.4 Å². The van der Waals surface area contributed by atoms with Crippen LogP contribution in [0.2, 0.25) is 0 Å². The fourth-order valence-electron chi connectivity index (χ4n) is 1.83. The summed E-state index contributed by atoms with van der Waals surface area (Å²) < 4.78 is 7.40. The molecule has 0 saturated heterocycles. The molecule has 15 heavy (non-hydrogen) atoms. The summed E-state index contributed by atoms with van der Waals surface area (Å²) >= 11 is 5.00. The summed E-state index contributed by atoms with van der Waals surface area (Å²) in [4.78, 5) is 0. The lowest BCUT2D eigenvalue weighted by molar-refractivity contribution is 0.462. The molecule has 0 amide bonds. The van der Waals surface area contributed by atoms with Crippen LogP contribution >= 0.6 is 12.2 Å². The van der Waals surface area contributed by atoms with Gasteiger partial charge in [0, 0.05) is 6.54 Å². The zero-order chi connectivity index (χ0) is 10.4. The lowest BCUT2D eigenvalue weighted by Crippen LogP contribution is -2.33. The zero-order valence-corrected chi connectivity index (χ0v) is 9.38. The first-order chi connectivity index (χ1) is 7.22. The van der Waals surface area contributed by atoms with E-state index >= 15 is 0 Å². The molecular formula is C10H13N3OS. The Bertz CT molecular complexity index is 411. The van der Waals surface area contributed by atoms with Crippen molar-refractivity contribution in [3.05, 3.63) is 11.9 Å². The first-order valence-electron chi connectivity index (χ1n) is 5.28. The highest BCUT2D eigenvalue weighted by Crippen LogP contribution is 2.33. The van der Waals surface area contributed by atoms with E-state index in [4.69, 9.17) is 17.0 Å². The molecule has 1 N–H and O–H groups in total. The van der Waals surface area contributed by atoms with Crippen molar-refractivity contribution in [3.8, 4) is 5.75 Å². The first kappa shape index (κ1) is 9.15. The van der Waals surface area contributed by atoms with Crippen molar-refractivity contribution in [3.63, 3.8) is 0 Å². The van der Waals surface area contributed by atoms with Gasteiger partial charge in [-0.25, -0.2) is 0 Å². The molecule has 1 saturated carbocycles. The van der Waals surface area contributed by atoms with E-state index in [1.165, 1.54) is 12.8 Å². The maximum atomic E-state index is 5.42. The molecule has 2 aliphatic rings. The van der Waals surface area contributed by atoms with Gasteiger partial charge in [0.2, 0.25) is 0 Å². The largest absolute Gasteiger partial charge is 0.428 e. The van der Waals surface area contributed by atoms with Crippen LogP contribution in [-0.2, 0) is 6.54 Å². The van der Waals surface area contributed by atoms with Crippen molar-refractivity contribution in [1.29, 1.82) is 0 Å². The van der Waals surface area contributed by atoms with Crippen molar-refractivity contribution < 1.29 is 4.74 Å². The highest BCUT2D eigenvalue weighted by atomic mass is 32.1. The Morgan fingerprint density at radius 1 is 1.67 bits per heavy atom. The van der Waals surface area contributed by atoms with Gasteiger partial charge in [0.05, 0.1) is 12.2 Å². The summed E-state index contributed by atoms with van der Waals surface area (Å²) in [5.41, 5.74) is 0.962. The van der Waals surface area contributed by atoms with Crippen LogP contribution in [0.5, 0.6) is 5.75 Å². The first-order valence-corrected chi connectivity index (χ1v) is 5.69. The molecular weight excluding hydrogens is 210 g/mol. The van der Waals surface area contributed by atoms with Gasteiger partial charge in [-0.1, -0.05) is 0 Å². The fourth-order valence-corrected chi connectivity index (χ4v) is 2.10. The van der Waals surface area contributed by atoms with Crippen molar-refractivity contribution in [2.24, 2.45) is 5.92 Å². The molecule has 0 bridgehead atoms. The number of aromatic nitrogens is 2. The molecule has 1 aliphatic carbocycles. The summed E-state index contributed by atoms with van der Waals surface area (Å²) in [6.45, 7) is 3.05. The summed E-state index contributed by atoms with van der Waals surface area (Å²) in [6.07, 6.45) is 4.62. The Morgan fingerprint density at radius 3 is 3.20 bits per heavy atom. The molecule has 0 radical (unpaired) electrons. The number of thiocarbonyl (C=S) groups is 1. The van der Waals surface area contributed by atoms with E-state index in [-0.39, 0.29) is 6.04 Å². The van der Waals surface area contributed by atoms with Crippen LogP contribution in [0.1, 0.15) is 31.5 Å². The minimum atomic E-state index is 0.154. The Labute approximate surface area is 93.6 Å². The topological polar surface area (TPSA) is 39.1 Å². The minimum absolute atomic E-state index is 0.154. The van der Waals surface area contributed by atoms with Gasteiger partial charge in [0.1, 0.15) is 5.69 Å². The third-order valence-electron chi connectivity index (χ3n) is 2.84. The average molecular weight is 223 g/mol. The van der Waals surface area contributed by atoms with Crippen LogP contribution in [0.15, 0.2) is 6.20 Å². The zero-order valence-electron chi connectivity index (χ0n) is 8.56. The van der Waals surface area contributed by atoms with Crippen LogP contribution in [0.3, 0.4) is 0 Å². The van der Waals surface area contributed by atoms with E-state index in [9.17, 15) is 0 Å². The number of nitrogens with one attached hydrogen (secondary N) is 1. The van der Waals surface area contributed by atoms with Crippen LogP contribution in [0.4, 0.5) is 0 Å². The van der Waals surface area contributed by atoms with Crippen molar-refractivity contribution in [2.45, 2.75) is 32.4 Å². The standard InChI is InChI=1S/C10H13N3OS/c1-6-9-8(14-10(15)11-6)5-13(12-9)4-7-2-3-7/h5-7H,2-4H2,1H3,(H,11,15). The Hall–Kier alpha value is -1.10. The minimum Gasteiger partial charge on any atom is -0.428 e. The highest BCUT2D eigenvalue weighted by Gasteiger charge is 2.27. The number of hydrogen-bond donors (Lipinski definition) is 1. The SMILES string of the molecule is CC1NC(=S)Oc2cn(CC3CC3)nc21. The maximum absolute atomic E-state index is 5.42. The normalized spacial score (nSPS) is 24.3. The van der Waals surface area contributed by atoms with Gasteiger partial charge in [-0.15, -0.1) is 0 Å². The molecule has 5 heteroatoms. The predicted molar refractivity (Wildman–Crippen MR) is 59.7 cm³/mol. The molecule has 0 spiro atoms. The molecule has 80 valence electrons. The summed E-state index contributed by atoms with van der Waals surface area (Å²) in [5.74, 6) is 1.63. The summed E-state index contributed by atoms with van der Waals surface area (Å²) in [5, 5.41) is 8.01. The van der Waals surface area contributed by atoms with Gasteiger partial charge in [0.25, 0.3) is 5.17 Å². The maximum Gasteiger partial charge on any atom is 0.262 e. The monoisotopic (exact) mass is 223 g/mol. The van der Waals surface area contributed by atoms with Crippen LogP contribution < -0.4 is 10.1 Å². The Kier molecular flexibility index (Phi) is 1.95. The van der Waals surface area contributed by atoms with E-state index in [0.29, 0.717) is 5.17 Å². The van der Waals surface area contributed by atoms with E-state index in [2.05, 4.69) is 10.4 Å². The molecule has 0 aromatic carbocycles. The van der Waals surface area contributed by atoms with E-state index < -0.39 is 0 Å². The number of rotatable bonds is 2. The van der Waals surface area contributed by atoms with Crippen LogP contribution in [-0.4, -0.2) is 15.0 Å². The molecule has 1 atom stereocenters. The van der Waals surface area contributed by atoms with Gasteiger partial charge in [-0.3, -0.25) is 4.68 Å². The number of hydrogen-bond acceptors (Lipinski definition) is 3. The van der Waals surface area contributed by atoms with Gasteiger partial charge >= 0.3 is 0 Å². The van der Waals surface area contributed by atoms with Crippen LogP contribution in [0, 0.1) is 5.92 Å². The number of ether oxygens (including phenoxy) is 1. The summed E-state index contributed by atoms with van der Waals surface area (Å²) in [6, 6.07) is 0.154. The number of nitrogens with zero attached hydrogens (tertiary/aromatic N) is 2. The molecule has 4 nitrogen and oxygen atoms in total. The Balaban J connectivity index is 1.88. The molecule has 1 aromatic rings. The third kappa shape index (κ3) is 1.71. The fraction of sp³-hybridized carbons (Fsp3) is 0.600. The smallest absolute Gasteiger partial charge is 0.262 e. The predicted octanol–water partition coefficient (Wildman–Crippen LogP) is 1.62. The molecule has 1 unspecified atom stereocenters. The van der Waals surface area contributed by atoms with Gasteiger partial charge in [-0.2, -0.15) is 5.10 Å². The third-order valence-corrected chi connectivity index (χ3v) is 3.05. The van der Waals surface area contributed by atoms with Gasteiger partial charge in [-0.05, 0) is 37.9 Å². The van der Waals surface area contributed by atoms with Gasteiger partial charge in [0.15, 0.2) is 5.75 Å². The van der Waals surface area contributed by atoms with E-state index in [1.54, 1.807) is 0 Å². The second-order valence-electron chi connectivity index (χ2n) is 4.30. The number of fused-ring (bicyclic) bond motifs is 1. The molecule has 1 fully saturated rings. The average Bonchev–Trinajstić information content (AvgIpc) is 2.85. The lowest BCUT2D eigenvalue weighted by atomic mass is 10.2. The molecule has 1 aliphatic heterocycles. The quantitative estimate of drug-likeness (QED) is 0.773. The molecule has 3 rings (SSSR count). The van der Waals surface area contributed by atoms with Gasteiger partial charge < -0.3 is 10.1 Å². The second kappa shape index (κ2) is 3.20. The Morgan fingerprint density at radius 2 is 2.47 bits per heavy atom. The second-order valence-corrected chi connectivity index (χ2v) is 4.67. The summed E-state index contributed by atoms with van der Waals surface area (Å²) in [7, 11) is 0.